The molecule has 2 aliphatic rings. The van der Waals surface area contributed by atoms with Gasteiger partial charge in [-0.2, -0.15) is 0 Å². The number of nitrogens with zero attached hydrogens (tertiary/aromatic N) is 1. The molecule has 22 heavy (non-hydrogen) atoms. The largest absolute Gasteiger partial charge is 0.481 e. The molecule has 2 atom stereocenters. The molecule has 3 rings (SSSR count). The molecule has 8 heteroatoms. The third-order valence-corrected chi connectivity index (χ3v) is 6.64. The minimum atomic E-state index is -3.43. The van der Waals surface area contributed by atoms with Crippen molar-refractivity contribution in [3.8, 4) is 0 Å². The van der Waals surface area contributed by atoms with Crippen LogP contribution in [0.5, 0.6) is 0 Å². The Bertz CT molecular complexity index is 716. The first-order chi connectivity index (χ1) is 10.3. The molecule has 0 aliphatic carbocycles. The Hall–Kier alpha value is -2.09. The lowest BCUT2D eigenvalue weighted by Gasteiger charge is -2.38. The molecule has 1 N–H and O–H groups in total. The molecule has 0 radical (unpaired) electrons. The number of fused-ring (bicyclic) bond motifs is 1. The van der Waals surface area contributed by atoms with Crippen LogP contribution in [0.15, 0.2) is 30.3 Å². The number of aliphatic carboxylic acids is 1. The lowest BCUT2D eigenvalue weighted by Crippen LogP contribution is -2.61. The van der Waals surface area contributed by atoms with E-state index in [1.807, 2.05) is 18.2 Å². The molecule has 2 fully saturated rings. The Balaban J connectivity index is 1.67. The first-order valence-corrected chi connectivity index (χ1v) is 8.47. The number of amides is 1. The maximum absolute atomic E-state index is 12.0. The van der Waals surface area contributed by atoms with Crippen LogP contribution in [-0.2, 0) is 26.0 Å². The van der Waals surface area contributed by atoms with Crippen molar-refractivity contribution in [3.63, 3.8) is 0 Å². The summed E-state index contributed by atoms with van der Waals surface area (Å²) in [5.41, 5.74) is -0.566. The van der Waals surface area contributed by atoms with Gasteiger partial charge in [-0.15, -0.1) is 0 Å². The second-order valence-electron chi connectivity index (χ2n) is 5.68. The van der Waals surface area contributed by atoms with Gasteiger partial charge in [0.15, 0.2) is 9.84 Å². The molecule has 1 aromatic rings. The van der Waals surface area contributed by atoms with E-state index >= 15 is 0 Å². The maximum Gasteiger partial charge on any atom is 0.410 e. The SMILES string of the molecule is O=C(OCc1ccccc1)N1C[C@H]2[C@@](C(=O)O)(C1)CS2(=O)=O. The van der Waals surface area contributed by atoms with Crippen LogP contribution in [-0.4, -0.2) is 54.6 Å². The average molecular weight is 325 g/mol. The molecule has 0 aromatic heterocycles. The predicted molar refractivity (Wildman–Crippen MR) is 75.8 cm³/mol. The molecular weight excluding hydrogens is 310 g/mol. The number of ether oxygens (including phenoxy) is 1. The summed E-state index contributed by atoms with van der Waals surface area (Å²) in [6, 6.07) is 9.05. The van der Waals surface area contributed by atoms with E-state index in [0.29, 0.717) is 0 Å². The Labute approximate surface area is 127 Å². The van der Waals surface area contributed by atoms with Gasteiger partial charge in [0.05, 0.1) is 11.0 Å². The Morgan fingerprint density at radius 2 is 2.00 bits per heavy atom. The van der Waals surface area contributed by atoms with Gasteiger partial charge >= 0.3 is 12.1 Å². The van der Waals surface area contributed by atoms with E-state index in [-0.39, 0.29) is 19.7 Å². The van der Waals surface area contributed by atoms with Crippen molar-refractivity contribution in [2.75, 3.05) is 18.8 Å². The summed E-state index contributed by atoms with van der Waals surface area (Å²) in [6.45, 7) is -0.185. The number of hydrogen-bond donors (Lipinski definition) is 1. The number of rotatable bonds is 3. The van der Waals surface area contributed by atoms with E-state index in [0.717, 1.165) is 5.56 Å². The molecule has 2 saturated heterocycles. The first-order valence-electron chi connectivity index (χ1n) is 6.76. The summed E-state index contributed by atoms with van der Waals surface area (Å²) < 4.78 is 28.6. The molecule has 2 aliphatic heterocycles. The average Bonchev–Trinajstić information content (AvgIpc) is 2.82. The zero-order valence-corrected chi connectivity index (χ0v) is 12.5. The van der Waals surface area contributed by atoms with Crippen LogP contribution in [0.2, 0.25) is 0 Å². The van der Waals surface area contributed by atoms with Gasteiger partial charge in [-0.05, 0) is 5.56 Å². The summed E-state index contributed by atoms with van der Waals surface area (Å²) in [5.74, 6) is -1.59. The van der Waals surface area contributed by atoms with Gasteiger partial charge in [-0.1, -0.05) is 30.3 Å². The number of carboxylic acid groups (broad SMARTS) is 1. The maximum atomic E-state index is 12.0. The van der Waals surface area contributed by atoms with E-state index < -0.39 is 38.3 Å². The summed E-state index contributed by atoms with van der Waals surface area (Å²) in [5, 5.41) is 8.26. The Morgan fingerprint density at radius 1 is 1.32 bits per heavy atom. The van der Waals surface area contributed by atoms with Crippen LogP contribution in [0.3, 0.4) is 0 Å². The van der Waals surface area contributed by atoms with Crippen LogP contribution in [0.4, 0.5) is 4.79 Å². The van der Waals surface area contributed by atoms with Gasteiger partial charge in [0.25, 0.3) is 0 Å². The third kappa shape index (κ3) is 2.23. The van der Waals surface area contributed by atoms with Gasteiger partial charge in [-0.3, -0.25) is 4.79 Å². The quantitative estimate of drug-likeness (QED) is 0.869. The summed E-state index contributed by atoms with van der Waals surface area (Å²) in [6.07, 6.45) is -0.686. The third-order valence-electron chi connectivity index (χ3n) is 4.26. The molecule has 0 unspecified atom stereocenters. The van der Waals surface area contributed by atoms with E-state index in [1.165, 1.54) is 4.90 Å². The molecule has 7 nitrogen and oxygen atoms in total. The van der Waals surface area contributed by atoms with Crippen molar-refractivity contribution >= 4 is 21.9 Å². The normalized spacial score (nSPS) is 28.5. The van der Waals surface area contributed by atoms with Crippen molar-refractivity contribution in [3.05, 3.63) is 35.9 Å². The molecule has 0 spiro atoms. The number of carbonyl (C=O) groups excluding carboxylic acids is 1. The van der Waals surface area contributed by atoms with Crippen molar-refractivity contribution in [1.82, 2.24) is 4.90 Å². The van der Waals surface area contributed by atoms with E-state index in [9.17, 15) is 23.1 Å². The predicted octanol–water partition coefficient (Wildman–Crippen LogP) is 0.507. The van der Waals surface area contributed by atoms with E-state index in [2.05, 4.69) is 0 Å². The van der Waals surface area contributed by atoms with Crippen LogP contribution in [0, 0.1) is 5.41 Å². The molecule has 1 aromatic carbocycles. The van der Waals surface area contributed by atoms with Gasteiger partial charge in [0.1, 0.15) is 12.0 Å². The Morgan fingerprint density at radius 3 is 2.55 bits per heavy atom. The van der Waals surface area contributed by atoms with Crippen LogP contribution >= 0.6 is 0 Å². The van der Waals surface area contributed by atoms with Gasteiger partial charge < -0.3 is 14.7 Å². The molecular formula is C14H15NO6S. The van der Waals surface area contributed by atoms with Gasteiger partial charge in [-0.25, -0.2) is 13.2 Å². The monoisotopic (exact) mass is 325 g/mol. The number of carboxylic acids is 1. The fourth-order valence-corrected chi connectivity index (χ4v) is 5.45. The minimum Gasteiger partial charge on any atom is -0.481 e. The Kier molecular flexibility index (Phi) is 3.36. The van der Waals surface area contributed by atoms with Crippen molar-refractivity contribution in [1.29, 1.82) is 0 Å². The first kappa shape index (κ1) is 14.8. The number of sulfone groups is 1. The van der Waals surface area contributed by atoms with Crippen molar-refractivity contribution in [2.24, 2.45) is 5.41 Å². The van der Waals surface area contributed by atoms with Crippen molar-refractivity contribution in [2.45, 2.75) is 11.9 Å². The fourth-order valence-electron chi connectivity index (χ4n) is 3.05. The molecule has 0 saturated carbocycles. The lowest BCUT2D eigenvalue weighted by atomic mass is 9.88. The van der Waals surface area contributed by atoms with Crippen LogP contribution in [0.25, 0.3) is 0 Å². The van der Waals surface area contributed by atoms with Gasteiger partial charge in [0.2, 0.25) is 0 Å². The highest BCUT2D eigenvalue weighted by Gasteiger charge is 2.68. The van der Waals surface area contributed by atoms with E-state index in [4.69, 9.17) is 4.74 Å². The molecule has 118 valence electrons. The fraction of sp³-hybridized carbons (Fsp3) is 0.429. The zero-order valence-electron chi connectivity index (χ0n) is 11.6. The molecule has 1 amide bonds. The lowest BCUT2D eigenvalue weighted by molar-refractivity contribution is -0.147. The highest BCUT2D eigenvalue weighted by molar-refractivity contribution is 7.93. The highest BCUT2D eigenvalue weighted by Crippen LogP contribution is 2.46. The zero-order chi connectivity index (χ0) is 16.0. The number of carbonyl (C=O) groups is 2. The topological polar surface area (TPSA) is 101 Å². The van der Waals surface area contributed by atoms with Crippen LogP contribution in [0.1, 0.15) is 5.56 Å². The van der Waals surface area contributed by atoms with Gasteiger partial charge in [0, 0.05) is 13.1 Å². The second kappa shape index (κ2) is 4.98. The summed E-state index contributed by atoms with van der Waals surface area (Å²) in [4.78, 5) is 24.6. The van der Waals surface area contributed by atoms with Crippen LogP contribution < -0.4 is 0 Å². The molecule has 0 bridgehead atoms. The van der Waals surface area contributed by atoms with E-state index in [1.54, 1.807) is 12.1 Å². The summed E-state index contributed by atoms with van der Waals surface area (Å²) in [7, 11) is -3.43. The highest BCUT2D eigenvalue weighted by atomic mass is 32.2. The smallest absolute Gasteiger partial charge is 0.410 e. The number of benzene rings is 1. The van der Waals surface area contributed by atoms with Crippen molar-refractivity contribution < 1.29 is 27.9 Å². The number of likely N-dealkylation sites (tertiary alicyclic amines) is 1. The number of hydrogen-bond acceptors (Lipinski definition) is 5. The minimum absolute atomic E-state index is 0.0632. The molecule has 2 heterocycles. The standard InChI is InChI=1S/C14H15NO6S/c16-12(17)14-8-15(6-11(14)22(19,20)9-14)13(18)21-7-10-4-2-1-3-5-10/h1-5,11H,6-9H2,(H,16,17)/t11-,14+/m0/s1. The summed E-state index contributed by atoms with van der Waals surface area (Å²) >= 11 is 0. The second-order valence-corrected chi connectivity index (χ2v) is 7.86.